The lowest BCUT2D eigenvalue weighted by molar-refractivity contribution is 0.296. The molecule has 0 saturated heterocycles. The molecule has 1 fully saturated rings. The molecule has 0 aliphatic heterocycles. The summed E-state index contributed by atoms with van der Waals surface area (Å²) in [4.78, 5) is 13.1. The number of imidazole rings is 1. The zero-order chi connectivity index (χ0) is 23.8. The van der Waals surface area contributed by atoms with Gasteiger partial charge in [0.2, 0.25) is 5.95 Å². The van der Waals surface area contributed by atoms with E-state index in [2.05, 4.69) is 46.9 Å². The standard InChI is InChI=1S/C16H16FN7.C8H13N/c1-8(2)24-9(3)20-12-5-4-11(21-15(12)24)14-10(17)7-23-13(14)6-19-16(18)22-23;1-8(7-9)5-3-2-4-6-8/h4-8H,1-3H3,(H2,18,22);2-6H2,1H3. The van der Waals surface area contributed by atoms with Crippen LogP contribution < -0.4 is 5.73 Å². The third-order valence-electron chi connectivity index (χ3n) is 6.22. The van der Waals surface area contributed by atoms with Crippen LogP contribution in [-0.2, 0) is 0 Å². The van der Waals surface area contributed by atoms with E-state index >= 15 is 0 Å². The molecule has 1 aliphatic carbocycles. The first-order valence-corrected chi connectivity index (χ1v) is 11.3. The number of fused-ring (bicyclic) bond motifs is 2. The summed E-state index contributed by atoms with van der Waals surface area (Å²) < 4.78 is 17.9. The van der Waals surface area contributed by atoms with Gasteiger partial charge in [-0.1, -0.05) is 19.3 Å². The fourth-order valence-corrected chi connectivity index (χ4v) is 4.49. The van der Waals surface area contributed by atoms with Crippen LogP contribution in [0.15, 0.2) is 24.5 Å². The van der Waals surface area contributed by atoms with Gasteiger partial charge in [-0.3, -0.25) is 0 Å². The molecule has 4 aromatic rings. The summed E-state index contributed by atoms with van der Waals surface area (Å²) in [7, 11) is 0. The molecule has 5 rings (SSSR count). The van der Waals surface area contributed by atoms with Crippen LogP contribution in [0, 0.1) is 29.5 Å². The highest BCUT2D eigenvalue weighted by molar-refractivity contribution is 5.83. The number of aromatic nitrogens is 6. The monoisotopic (exact) mass is 448 g/mol. The Kier molecular flexibility index (Phi) is 6.02. The van der Waals surface area contributed by atoms with E-state index < -0.39 is 5.82 Å². The lowest BCUT2D eigenvalue weighted by atomic mass is 9.77. The molecule has 0 radical (unpaired) electrons. The van der Waals surface area contributed by atoms with Crippen molar-refractivity contribution in [2.45, 2.75) is 65.8 Å². The van der Waals surface area contributed by atoms with Crippen molar-refractivity contribution in [1.82, 2.24) is 29.1 Å². The Morgan fingerprint density at radius 1 is 1.18 bits per heavy atom. The average Bonchev–Trinajstić information content (AvgIpc) is 3.28. The zero-order valence-electron chi connectivity index (χ0n) is 19.5. The maximum Gasteiger partial charge on any atom is 0.238 e. The number of nitrogens with zero attached hydrogens (tertiary/aromatic N) is 7. The van der Waals surface area contributed by atoms with Crippen LogP contribution in [0.1, 0.15) is 64.7 Å². The molecule has 172 valence electrons. The molecule has 0 aromatic carbocycles. The molecular weight excluding hydrogens is 419 g/mol. The van der Waals surface area contributed by atoms with Crippen molar-refractivity contribution < 1.29 is 4.39 Å². The lowest BCUT2D eigenvalue weighted by Crippen LogP contribution is -2.16. The zero-order valence-corrected chi connectivity index (χ0v) is 19.5. The highest BCUT2D eigenvalue weighted by atomic mass is 19.1. The molecule has 2 N–H and O–H groups in total. The van der Waals surface area contributed by atoms with Gasteiger partial charge in [-0.15, -0.1) is 5.10 Å². The van der Waals surface area contributed by atoms with Crippen LogP contribution in [0.3, 0.4) is 0 Å². The van der Waals surface area contributed by atoms with Crippen LogP contribution >= 0.6 is 0 Å². The van der Waals surface area contributed by atoms with E-state index in [1.807, 2.05) is 17.6 Å². The second-order valence-electron chi connectivity index (χ2n) is 9.19. The van der Waals surface area contributed by atoms with Crippen LogP contribution in [0.25, 0.3) is 27.9 Å². The molecule has 33 heavy (non-hydrogen) atoms. The maximum atomic E-state index is 14.5. The topological polar surface area (TPSA) is 111 Å². The van der Waals surface area contributed by atoms with Crippen molar-refractivity contribution in [3.05, 3.63) is 36.2 Å². The third kappa shape index (κ3) is 4.38. The SMILES string of the molecule is CC1(C#N)CCCCC1.Cc1nc2ccc(-c3c(F)cn4nc(N)ncc34)nc2n1C(C)C. The van der Waals surface area contributed by atoms with Crippen LogP contribution in [0.4, 0.5) is 10.3 Å². The van der Waals surface area contributed by atoms with E-state index in [9.17, 15) is 4.39 Å². The summed E-state index contributed by atoms with van der Waals surface area (Å²) in [6, 6.07) is 6.20. The second kappa shape index (κ2) is 8.77. The predicted octanol–water partition coefficient (Wildman–Crippen LogP) is 5.23. The fraction of sp³-hybridized carbons (Fsp3) is 0.458. The number of hydrogen-bond donors (Lipinski definition) is 1. The highest BCUT2D eigenvalue weighted by Gasteiger charge is 2.25. The van der Waals surface area contributed by atoms with Gasteiger partial charge in [-0.2, -0.15) is 5.26 Å². The number of nitrogens with two attached hydrogens (primary N) is 1. The molecule has 0 amide bonds. The number of nitrogen functional groups attached to an aromatic ring is 1. The normalized spacial score (nSPS) is 15.4. The predicted molar refractivity (Wildman–Crippen MR) is 126 cm³/mol. The van der Waals surface area contributed by atoms with Gasteiger partial charge >= 0.3 is 0 Å². The summed E-state index contributed by atoms with van der Waals surface area (Å²) in [5.74, 6) is 0.540. The van der Waals surface area contributed by atoms with Crippen LogP contribution in [0.5, 0.6) is 0 Å². The van der Waals surface area contributed by atoms with Crippen molar-refractivity contribution in [1.29, 1.82) is 5.26 Å². The Hall–Kier alpha value is -3.54. The summed E-state index contributed by atoms with van der Waals surface area (Å²) in [5.41, 5.74) is 8.48. The summed E-state index contributed by atoms with van der Waals surface area (Å²) >= 11 is 0. The Balaban J connectivity index is 0.000000243. The van der Waals surface area contributed by atoms with Gasteiger partial charge in [-0.05, 0) is 52.7 Å². The van der Waals surface area contributed by atoms with E-state index in [1.54, 1.807) is 6.07 Å². The first kappa shape index (κ1) is 22.6. The Labute approximate surface area is 192 Å². The molecule has 1 aliphatic rings. The minimum Gasteiger partial charge on any atom is -0.367 e. The van der Waals surface area contributed by atoms with Gasteiger partial charge in [0, 0.05) is 6.04 Å². The van der Waals surface area contributed by atoms with E-state index in [0.29, 0.717) is 16.8 Å². The first-order valence-electron chi connectivity index (χ1n) is 11.3. The Bertz CT molecular complexity index is 1340. The molecule has 0 atom stereocenters. The maximum absolute atomic E-state index is 14.5. The summed E-state index contributed by atoms with van der Waals surface area (Å²) in [6.07, 6.45) is 8.84. The molecule has 4 aromatic heterocycles. The molecule has 4 heterocycles. The number of pyridine rings is 1. The van der Waals surface area contributed by atoms with Crippen molar-refractivity contribution >= 4 is 22.6 Å². The number of nitriles is 1. The Morgan fingerprint density at radius 2 is 1.91 bits per heavy atom. The molecular formula is C24H29FN8. The molecule has 0 bridgehead atoms. The van der Waals surface area contributed by atoms with Crippen molar-refractivity contribution in [2.24, 2.45) is 5.41 Å². The van der Waals surface area contributed by atoms with E-state index in [-0.39, 0.29) is 17.4 Å². The molecule has 0 unspecified atom stereocenters. The van der Waals surface area contributed by atoms with Crippen LogP contribution in [0.2, 0.25) is 0 Å². The highest BCUT2D eigenvalue weighted by Crippen LogP contribution is 2.34. The quantitative estimate of drug-likeness (QED) is 0.449. The third-order valence-corrected chi connectivity index (χ3v) is 6.22. The van der Waals surface area contributed by atoms with E-state index in [1.165, 1.54) is 36.2 Å². The van der Waals surface area contributed by atoms with Crippen molar-refractivity contribution in [3.8, 4) is 17.3 Å². The molecule has 1 saturated carbocycles. The van der Waals surface area contributed by atoms with Crippen LogP contribution in [-0.4, -0.2) is 29.1 Å². The van der Waals surface area contributed by atoms with E-state index in [4.69, 9.17) is 11.0 Å². The smallest absolute Gasteiger partial charge is 0.238 e. The number of halogens is 1. The van der Waals surface area contributed by atoms with Gasteiger partial charge in [-0.25, -0.2) is 23.9 Å². The van der Waals surface area contributed by atoms with Gasteiger partial charge in [0.25, 0.3) is 0 Å². The first-order chi connectivity index (χ1) is 15.7. The second-order valence-corrected chi connectivity index (χ2v) is 9.19. The van der Waals surface area contributed by atoms with Crippen molar-refractivity contribution in [3.63, 3.8) is 0 Å². The lowest BCUT2D eigenvalue weighted by Gasteiger charge is -2.25. The van der Waals surface area contributed by atoms with Gasteiger partial charge < -0.3 is 10.3 Å². The Morgan fingerprint density at radius 3 is 2.55 bits per heavy atom. The summed E-state index contributed by atoms with van der Waals surface area (Å²) in [6.45, 7) is 8.14. The minimum atomic E-state index is -0.422. The fourth-order valence-electron chi connectivity index (χ4n) is 4.49. The average molecular weight is 449 g/mol. The number of hydrogen-bond acceptors (Lipinski definition) is 6. The molecule has 0 spiro atoms. The number of anilines is 1. The largest absolute Gasteiger partial charge is 0.367 e. The van der Waals surface area contributed by atoms with Gasteiger partial charge in [0.05, 0.1) is 40.7 Å². The summed E-state index contributed by atoms with van der Waals surface area (Å²) in [5, 5.41) is 12.7. The number of aryl methyl sites for hydroxylation is 1. The molecule has 8 nitrogen and oxygen atoms in total. The van der Waals surface area contributed by atoms with Crippen molar-refractivity contribution in [2.75, 3.05) is 5.73 Å². The number of rotatable bonds is 2. The minimum absolute atomic E-state index is 0.0260. The van der Waals surface area contributed by atoms with Gasteiger partial charge in [0.1, 0.15) is 11.3 Å². The molecule has 9 heteroatoms. The van der Waals surface area contributed by atoms with E-state index in [0.717, 1.165) is 29.8 Å². The van der Waals surface area contributed by atoms with Gasteiger partial charge in [0.15, 0.2) is 11.5 Å².